The normalized spacial score (nSPS) is 24.5. The van der Waals surface area contributed by atoms with Gasteiger partial charge in [-0.25, -0.2) is 0 Å². The second-order valence-corrected chi connectivity index (χ2v) is 8.11. The standard InChI is InChI=1S/C23H30N4O2/c1-15-7-6-8-18(22(15)29-3)23(28)27-12-5-4-9-20(27)21-19(14-25-26-21)17-10-11-24-13-16(17)2/h6-8,10-11,13,19-21,25-26H,4-5,9,12,14H2,1-3H3. The van der Waals surface area contributed by atoms with E-state index in [1.165, 1.54) is 11.1 Å². The number of amides is 1. The van der Waals surface area contributed by atoms with E-state index in [2.05, 4.69) is 33.7 Å². The molecule has 2 aliphatic rings. The summed E-state index contributed by atoms with van der Waals surface area (Å²) in [6.45, 7) is 5.72. The van der Waals surface area contributed by atoms with Crippen LogP contribution >= 0.6 is 0 Å². The monoisotopic (exact) mass is 394 g/mol. The number of aromatic nitrogens is 1. The van der Waals surface area contributed by atoms with Crippen molar-refractivity contribution in [2.45, 2.75) is 51.1 Å². The molecule has 1 aromatic heterocycles. The summed E-state index contributed by atoms with van der Waals surface area (Å²) in [5.74, 6) is 1.05. The molecule has 2 aromatic rings. The molecule has 6 nitrogen and oxygen atoms in total. The zero-order valence-corrected chi connectivity index (χ0v) is 17.4. The second kappa shape index (κ2) is 8.51. The van der Waals surface area contributed by atoms with E-state index in [1.807, 2.05) is 37.5 Å². The lowest BCUT2D eigenvalue weighted by molar-refractivity contribution is 0.0547. The fourth-order valence-electron chi connectivity index (χ4n) is 4.91. The van der Waals surface area contributed by atoms with E-state index in [-0.39, 0.29) is 18.0 Å². The van der Waals surface area contributed by atoms with Crippen LogP contribution in [0, 0.1) is 13.8 Å². The van der Waals surface area contributed by atoms with Crippen molar-refractivity contribution in [3.8, 4) is 5.75 Å². The average molecular weight is 395 g/mol. The van der Waals surface area contributed by atoms with Crippen molar-refractivity contribution in [3.63, 3.8) is 0 Å². The Kier molecular flexibility index (Phi) is 5.83. The van der Waals surface area contributed by atoms with E-state index < -0.39 is 0 Å². The van der Waals surface area contributed by atoms with Gasteiger partial charge in [0.15, 0.2) is 0 Å². The summed E-state index contributed by atoms with van der Waals surface area (Å²) in [4.78, 5) is 19.9. The van der Waals surface area contributed by atoms with Gasteiger partial charge in [-0.15, -0.1) is 0 Å². The molecule has 0 spiro atoms. The third-order valence-corrected chi connectivity index (χ3v) is 6.36. The zero-order valence-electron chi connectivity index (χ0n) is 17.4. The molecule has 3 heterocycles. The number of carbonyl (C=O) groups is 1. The van der Waals surface area contributed by atoms with Crippen LogP contribution in [0.2, 0.25) is 0 Å². The molecular formula is C23H30N4O2. The Labute approximate surface area is 172 Å². The van der Waals surface area contributed by atoms with Crippen LogP contribution in [-0.2, 0) is 0 Å². The van der Waals surface area contributed by atoms with Crippen molar-refractivity contribution in [2.75, 3.05) is 20.2 Å². The highest BCUT2D eigenvalue weighted by Crippen LogP contribution is 2.34. The van der Waals surface area contributed by atoms with Crippen LogP contribution in [0.5, 0.6) is 5.75 Å². The van der Waals surface area contributed by atoms with E-state index in [0.29, 0.717) is 17.2 Å². The Hall–Kier alpha value is -2.44. The third kappa shape index (κ3) is 3.74. The Morgan fingerprint density at radius 1 is 1.21 bits per heavy atom. The van der Waals surface area contributed by atoms with Crippen LogP contribution in [0.1, 0.15) is 52.2 Å². The largest absolute Gasteiger partial charge is 0.496 e. The summed E-state index contributed by atoms with van der Waals surface area (Å²) in [7, 11) is 1.64. The van der Waals surface area contributed by atoms with Crippen molar-refractivity contribution < 1.29 is 9.53 Å². The van der Waals surface area contributed by atoms with Gasteiger partial charge in [0.25, 0.3) is 5.91 Å². The molecule has 1 amide bonds. The van der Waals surface area contributed by atoms with Crippen LogP contribution in [0.25, 0.3) is 0 Å². The van der Waals surface area contributed by atoms with Crippen molar-refractivity contribution in [1.82, 2.24) is 20.7 Å². The number of hydrogen-bond donors (Lipinski definition) is 2. The number of pyridine rings is 1. The summed E-state index contributed by atoms with van der Waals surface area (Å²) in [6, 6.07) is 8.20. The number of likely N-dealkylation sites (tertiary alicyclic amines) is 1. The van der Waals surface area contributed by atoms with Crippen LogP contribution in [0.15, 0.2) is 36.7 Å². The number of hydrogen-bond acceptors (Lipinski definition) is 5. The Bertz CT molecular complexity index is 885. The molecule has 1 aromatic carbocycles. The SMILES string of the molecule is COc1c(C)cccc1C(=O)N1CCCCC1C1NNCC1c1ccncc1C. The summed E-state index contributed by atoms with van der Waals surface area (Å²) in [6.07, 6.45) is 6.96. The molecule has 0 radical (unpaired) electrons. The molecule has 154 valence electrons. The number of rotatable bonds is 4. The molecule has 3 unspecified atom stereocenters. The minimum atomic E-state index is 0.0640. The van der Waals surface area contributed by atoms with Gasteiger partial charge in [-0.3, -0.25) is 20.6 Å². The van der Waals surface area contributed by atoms with Crippen LogP contribution in [-0.4, -0.2) is 48.1 Å². The number of carbonyl (C=O) groups excluding carboxylic acids is 1. The summed E-state index contributed by atoms with van der Waals surface area (Å²) >= 11 is 0. The average Bonchev–Trinajstić information content (AvgIpc) is 3.23. The minimum absolute atomic E-state index is 0.0640. The molecule has 2 aliphatic heterocycles. The van der Waals surface area contributed by atoms with Crippen molar-refractivity contribution in [1.29, 1.82) is 0 Å². The number of nitrogens with zero attached hydrogens (tertiary/aromatic N) is 2. The van der Waals surface area contributed by atoms with E-state index in [1.54, 1.807) is 7.11 Å². The summed E-state index contributed by atoms with van der Waals surface area (Å²) < 4.78 is 5.57. The van der Waals surface area contributed by atoms with Gasteiger partial charge in [0.1, 0.15) is 5.75 Å². The van der Waals surface area contributed by atoms with Crippen LogP contribution in [0.4, 0.5) is 0 Å². The highest BCUT2D eigenvalue weighted by atomic mass is 16.5. The highest BCUT2D eigenvalue weighted by Gasteiger charge is 2.41. The fourth-order valence-corrected chi connectivity index (χ4v) is 4.91. The van der Waals surface area contributed by atoms with Gasteiger partial charge in [0, 0.05) is 43.5 Å². The van der Waals surface area contributed by atoms with E-state index in [4.69, 9.17) is 4.74 Å². The van der Waals surface area contributed by atoms with Gasteiger partial charge >= 0.3 is 0 Å². The van der Waals surface area contributed by atoms with Gasteiger partial charge in [0.05, 0.1) is 12.7 Å². The van der Waals surface area contributed by atoms with Crippen LogP contribution < -0.4 is 15.6 Å². The first kappa shape index (κ1) is 19.9. The van der Waals surface area contributed by atoms with E-state index in [9.17, 15) is 4.79 Å². The first-order chi connectivity index (χ1) is 14.1. The lowest BCUT2D eigenvalue weighted by Crippen LogP contribution is -2.55. The van der Waals surface area contributed by atoms with Gasteiger partial charge in [-0.1, -0.05) is 12.1 Å². The number of hydrazine groups is 1. The zero-order chi connectivity index (χ0) is 20.4. The van der Waals surface area contributed by atoms with Gasteiger partial charge in [-0.05, 0) is 61.9 Å². The summed E-state index contributed by atoms with van der Waals surface area (Å²) in [5, 5.41) is 0. The first-order valence-electron chi connectivity index (χ1n) is 10.4. The number of para-hydroxylation sites is 1. The number of methoxy groups -OCH3 is 1. The first-order valence-corrected chi connectivity index (χ1v) is 10.4. The number of piperidine rings is 1. The lowest BCUT2D eigenvalue weighted by Gasteiger charge is -2.41. The molecule has 2 saturated heterocycles. The molecular weight excluding hydrogens is 364 g/mol. The third-order valence-electron chi connectivity index (χ3n) is 6.36. The van der Waals surface area contributed by atoms with Crippen LogP contribution in [0.3, 0.4) is 0 Å². The molecule has 2 N–H and O–H groups in total. The predicted molar refractivity (Wildman–Crippen MR) is 113 cm³/mol. The lowest BCUT2D eigenvalue weighted by atomic mass is 9.83. The Balaban J connectivity index is 1.65. The maximum atomic E-state index is 13.6. The fraction of sp³-hybridized carbons (Fsp3) is 0.478. The Morgan fingerprint density at radius 2 is 2.07 bits per heavy atom. The maximum absolute atomic E-state index is 13.6. The predicted octanol–water partition coefficient (Wildman–Crippen LogP) is 2.96. The highest BCUT2D eigenvalue weighted by molar-refractivity contribution is 5.97. The number of benzene rings is 1. The van der Waals surface area contributed by atoms with Crippen molar-refractivity contribution >= 4 is 5.91 Å². The topological polar surface area (TPSA) is 66.5 Å². The molecule has 3 atom stereocenters. The van der Waals surface area contributed by atoms with Crippen molar-refractivity contribution in [3.05, 3.63) is 58.9 Å². The minimum Gasteiger partial charge on any atom is -0.496 e. The van der Waals surface area contributed by atoms with Gasteiger partial charge < -0.3 is 9.64 Å². The second-order valence-electron chi connectivity index (χ2n) is 8.11. The van der Waals surface area contributed by atoms with Gasteiger partial charge in [0.2, 0.25) is 0 Å². The van der Waals surface area contributed by atoms with Gasteiger partial charge in [-0.2, -0.15) is 0 Å². The van der Waals surface area contributed by atoms with E-state index >= 15 is 0 Å². The molecule has 6 heteroatoms. The van der Waals surface area contributed by atoms with E-state index in [0.717, 1.165) is 37.9 Å². The van der Waals surface area contributed by atoms with Crippen molar-refractivity contribution in [2.24, 2.45) is 0 Å². The number of ether oxygens (including phenoxy) is 1. The smallest absolute Gasteiger partial charge is 0.257 e. The molecule has 29 heavy (non-hydrogen) atoms. The maximum Gasteiger partial charge on any atom is 0.257 e. The number of nitrogens with one attached hydrogen (secondary N) is 2. The molecule has 4 rings (SSSR count). The number of aryl methyl sites for hydroxylation is 2. The summed E-state index contributed by atoms with van der Waals surface area (Å²) in [5.41, 5.74) is 11.0. The molecule has 0 bridgehead atoms. The quantitative estimate of drug-likeness (QED) is 0.835. The molecule has 0 aliphatic carbocycles. The molecule has 0 saturated carbocycles. The Morgan fingerprint density at radius 3 is 2.86 bits per heavy atom. The molecule has 2 fully saturated rings.